The van der Waals surface area contributed by atoms with Crippen LogP contribution in [-0.4, -0.2) is 37.1 Å². The van der Waals surface area contributed by atoms with Gasteiger partial charge in [0.25, 0.3) is 0 Å². The van der Waals surface area contributed by atoms with E-state index in [0.29, 0.717) is 0 Å². The fourth-order valence-electron chi connectivity index (χ4n) is 3.61. The molecule has 0 amide bonds. The molecule has 0 spiro atoms. The van der Waals surface area contributed by atoms with E-state index in [4.69, 9.17) is 0 Å². The molecule has 94 valence electrons. The lowest BCUT2D eigenvalue weighted by Gasteiger charge is -2.37. The average molecular weight is 224 g/mol. The SMILES string of the molecule is CCC(C1CCCCC1)N1CCCNCC1. The third-order valence-corrected chi connectivity index (χ3v) is 4.46. The van der Waals surface area contributed by atoms with Gasteiger partial charge in [-0.3, -0.25) is 4.90 Å². The van der Waals surface area contributed by atoms with E-state index in [1.807, 2.05) is 0 Å². The molecule has 0 aromatic carbocycles. The number of nitrogens with zero attached hydrogens (tertiary/aromatic N) is 1. The maximum absolute atomic E-state index is 3.52. The minimum absolute atomic E-state index is 0.875. The van der Waals surface area contributed by atoms with Crippen molar-refractivity contribution in [3.63, 3.8) is 0 Å². The van der Waals surface area contributed by atoms with Crippen LogP contribution in [0.15, 0.2) is 0 Å². The molecule has 1 N–H and O–H groups in total. The first-order chi connectivity index (χ1) is 7.92. The Hall–Kier alpha value is -0.0800. The number of hydrogen-bond donors (Lipinski definition) is 1. The Balaban J connectivity index is 1.90. The van der Waals surface area contributed by atoms with Crippen molar-refractivity contribution in [2.75, 3.05) is 26.2 Å². The molecule has 16 heavy (non-hydrogen) atoms. The van der Waals surface area contributed by atoms with E-state index in [0.717, 1.165) is 12.0 Å². The lowest BCUT2D eigenvalue weighted by atomic mass is 9.82. The summed E-state index contributed by atoms with van der Waals surface area (Å²) in [6.45, 7) is 7.40. The van der Waals surface area contributed by atoms with Crippen LogP contribution in [-0.2, 0) is 0 Å². The molecule has 1 aliphatic heterocycles. The summed E-state index contributed by atoms with van der Waals surface area (Å²) in [5, 5.41) is 3.52. The first-order valence-corrected chi connectivity index (χ1v) is 7.36. The summed E-state index contributed by atoms with van der Waals surface area (Å²) in [6, 6.07) is 0.875. The van der Waals surface area contributed by atoms with Gasteiger partial charge < -0.3 is 5.32 Å². The summed E-state index contributed by atoms with van der Waals surface area (Å²) in [6.07, 6.45) is 10.1. The molecule has 1 unspecified atom stereocenters. The van der Waals surface area contributed by atoms with Crippen molar-refractivity contribution >= 4 is 0 Å². The lowest BCUT2D eigenvalue weighted by Crippen LogP contribution is -2.42. The molecular weight excluding hydrogens is 196 g/mol. The predicted octanol–water partition coefficient (Wildman–Crippen LogP) is 2.64. The molecule has 2 nitrogen and oxygen atoms in total. The predicted molar refractivity (Wildman–Crippen MR) is 69.7 cm³/mol. The highest BCUT2D eigenvalue weighted by atomic mass is 15.2. The average Bonchev–Trinajstić information content (AvgIpc) is 2.61. The highest BCUT2D eigenvalue weighted by Crippen LogP contribution is 2.30. The zero-order chi connectivity index (χ0) is 11.2. The van der Waals surface area contributed by atoms with Crippen LogP contribution >= 0.6 is 0 Å². The molecule has 0 aromatic rings. The zero-order valence-electron chi connectivity index (χ0n) is 10.9. The molecule has 0 bridgehead atoms. The van der Waals surface area contributed by atoms with Crippen LogP contribution in [0.2, 0.25) is 0 Å². The minimum atomic E-state index is 0.875. The van der Waals surface area contributed by atoms with Gasteiger partial charge in [-0.1, -0.05) is 26.2 Å². The molecule has 0 radical (unpaired) electrons. The highest BCUT2D eigenvalue weighted by molar-refractivity contribution is 4.82. The lowest BCUT2D eigenvalue weighted by molar-refractivity contribution is 0.120. The van der Waals surface area contributed by atoms with Crippen LogP contribution in [0.5, 0.6) is 0 Å². The van der Waals surface area contributed by atoms with Gasteiger partial charge in [-0.25, -0.2) is 0 Å². The Labute approximate surface area is 101 Å². The van der Waals surface area contributed by atoms with Crippen molar-refractivity contribution in [2.45, 2.75) is 57.9 Å². The van der Waals surface area contributed by atoms with E-state index in [1.165, 1.54) is 71.1 Å². The van der Waals surface area contributed by atoms with Gasteiger partial charge in [0.05, 0.1) is 0 Å². The quantitative estimate of drug-likeness (QED) is 0.793. The summed E-state index contributed by atoms with van der Waals surface area (Å²) in [5.74, 6) is 0.997. The molecule has 2 fully saturated rings. The summed E-state index contributed by atoms with van der Waals surface area (Å²) in [7, 11) is 0. The summed E-state index contributed by atoms with van der Waals surface area (Å²) in [4.78, 5) is 2.77. The van der Waals surface area contributed by atoms with Gasteiger partial charge in [-0.15, -0.1) is 0 Å². The van der Waals surface area contributed by atoms with E-state index in [-0.39, 0.29) is 0 Å². The van der Waals surface area contributed by atoms with Gasteiger partial charge in [0, 0.05) is 19.1 Å². The maximum atomic E-state index is 3.52. The molecule has 1 aliphatic carbocycles. The molecule has 2 heteroatoms. The van der Waals surface area contributed by atoms with E-state index >= 15 is 0 Å². The molecule has 0 aromatic heterocycles. The van der Waals surface area contributed by atoms with Crippen LogP contribution in [0.25, 0.3) is 0 Å². The Morgan fingerprint density at radius 3 is 2.62 bits per heavy atom. The number of rotatable bonds is 3. The van der Waals surface area contributed by atoms with E-state index < -0.39 is 0 Å². The van der Waals surface area contributed by atoms with Crippen LogP contribution in [0.4, 0.5) is 0 Å². The fraction of sp³-hybridized carbons (Fsp3) is 1.00. The van der Waals surface area contributed by atoms with Crippen molar-refractivity contribution in [2.24, 2.45) is 5.92 Å². The van der Waals surface area contributed by atoms with Gasteiger partial charge in [0.1, 0.15) is 0 Å². The molecule has 2 rings (SSSR count). The van der Waals surface area contributed by atoms with E-state index in [9.17, 15) is 0 Å². The van der Waals surface area contributed by atoms with E-state index in [2.05, 4.69) is 17.1 Å². The van der Waals surface area contributed by atoms with Gasteiger partial charge in [-0.05, 0) is 44.7 Å². The topological polar surface area (TPSA) is 15.3 Å². The first kappa shape index (κ1) is 12.4. The molecule has 1 heterocycles. The molecule has 1 atom stereocenters. The van der Waals surface area contributed by atoms with Gasteiger partial charge in [-0.2, -0.15) is 0 Å². The second-order valence-electron chi connectivity index (χ2n) is 5.51. The van der Waals surface area contributed by atoms with Crippen molar-refractivity contribution in [1.29, 1.82) is 0 Å². The maximum Gasteiger partial charge on any atom is 0.0121 e. The highest BCUT2D eigenvalue weighted by Gasteiger charge is 2.27. The third-order valence-electron chi connectivity index (χ3n) is 4.46. The number of hydrogen-bond acceptors (Lipinski definition) is 2. The Bertz CT molecular complexity index is 179. The van der Waals surface area contributed by atoms with Crippen molar-refractivity contribution in [1.82, 2.24) is 10.2 Å². The van der Waals surface area contributed by atoms with E-state index in [1.54, 1.807) is 0 Å². The van der Waals surface area contributed by atoms with Crippen molar-refractivity contribution < 1.29 is 0 Å². The summed E-state index contributed by atoms with van der Waals surface area (Å²) in [5.41, 5.74) is 0. The van der Waals surface area contributed by atoms with Crippen molar-refractivity contribution in [3.8, 4) is 0 Å². The monoisotopic (exact) mass is 224 g/mol. The standard InChI is InChI=1S/C14H28N2/c1-2-14(13-7-4-3-5-8-13)16-11-6-9-15-10-12-16/h13-15H,2-12H2,1H3. The van der Waals surface area contributed by atoms with Crippen molar-refractivity contribution in [3.05, 3.63) is 0 Å². The second-order valence-corrected chi connectivity index (χ2v) is 5.51. The molecule has 1 saturated heterocycles. The molecule has 1 saturated carbocycles. The normalized spacial score (nSPS) is 27.6. The van der Waals surface area contributed by atoms with Gasteiger partial charge >= 0.3 is 0 Å². The van der Waals surface area contributed by atoms with Crippen LogP contribution in [0, 0.1) is 5.92 Å². The molecular formula is C14H28N2. The Kier molecular flexibility index (Phi) is 5.11. The largest absolute Gasteiger partial charge is 0.315 e. The fourth-order valence-corrected chi connectivity index (χ4v) is 3.61. The third kappa shape index (κ3) is 3.21. The van der Waals surface area contributed by atoms with Crippen LogP contribution in [0.3, 0.4) is 0 Å². The van der Waals surface area contributed by atoms with Gasteiger partial charge in [0.2, 0.25) is 0 Å². The smallest absolute Gasteiger partial charge is 0.0121 e. The molecule has 2 aliphatic rings. The minimum Gasteiger partial charge on any atom is -0.315 e. The Morgan fingerprint density at radius 2 is 1.88 bits per heavy atom. The van der Waals surface area contributed by atoms with Crippen LogP contribution in [0.1, 0.15) is 51.9 Å². The van der Waals surface area contributed by atoms with Gasteiger partial charge in [0.15, 0.2) is 0 Å². The Morgan fingerprint density at radius 1 is 1.06 bits per heavy atom. The number of nitrogens with one attached hydrogen (secondary N) is 1. The zero-order valence-corrected chi connectivity index (χ0v) is 10.9. The first-order valence-electron chi connectivity index (χ1n) is 7.36. The summed E-state index contributed by atoms with van der Waals surface area (Å²) < 4.78 is 0. The van der Waals surface area contributed by atoms with Crippen LogP contribution < -0.4 is 5.32 Å². The summed E-state index contributed by atoms with van der Waals surface area (Å²) >= 11 is 0. The second kappa shape index (κ2) is 6.61.